The first-order chi connectivity index (χ1) is 13.3. The van der Waals surface area contributed by atoms with Gasteiger partial charge in [-0.05, 0) is 36.4 Å². The molecule has 0 unspecified atom stereocenters. The minimum atomic E-state index is -0.310. The second-order valence-corrected chi connectivity index (χ2v) is 6.91. The highest BCUT2D eigenvalue weighted by atomic mass is 32.1. The van der Waals surface area contributed by atoms with Gasteiger partial charge in [0.15, 0.2) is 28.0 Å². The van der Waals surface area contributed by atoms with Crippen LogP contribution < -0.4 is 5.32 Å². The molecule has 0 saturated heterocycles. The van der Waals surface area contributed by atoms with Crippen LogP contribution in [-0.2, 0) is 6.54 Å². The number of rotatable bonds is 4. The Kier molecular flexibility index (Phi) is 3.68. The number of carbonyl (C=O) groups excluding carboxylic acids is 1. The van der Waals surface area contributed by atoms with E-state index in [4.69, 9.17) is 4.42 Å². The monoisotopic (exact) mass is 375 g/mol. The van der Waals surface area contributed by atoms with Crippen molar-refractivity contribution in [2.45, 2.75) is 6.54 Å². The first kappa shape index (κ1) is 15.7. The Bertz CT molecular complexity index is 1240. The highest BCUT2D eigenvalue weighted by Crippen LogP contribution is 2.31. The van der Waals surface area contributed by atoms with Crippen LogP contribution in [0, 0.1) is 0 Å². The summed E-state index contributed by atoms with van der Waals surface area (Å²) in [6.45, 7) is 0.251. The molecule has 0 aliphatic heterocycles. The van der Waals surface area contributed by atoms with Crippen LogP contribution in [0.2, 0.25) is 0 Å². The van der Waals surface area contributed by atoms with Crippen molar-refractivity contribution in [3.05, 3.63) is 72.4 Å². The third-order valence-electron chi connectivity index (χ3n) is 4.13. The molecule has 0 atom stereocenters. The summed E-state index contributed by atoms with van der Waals surface area (Å²) in [5.41, 5.74) is 1.65. The number of fused-ring (bicyclic) bond motifs is 2. The summed E-state index contributed by atoms with van der Waals surface area (Å²) < 4.78 is 8.62. The molecular weight excluding hydrogens is 362 g/mol. The molecule has 4 heterocycles. The number of hydrogen-bond acceptors (Lipinski definition) is 6. The van der Waals surface area contributed by atoms with Crippen LogP contribution in [0.25, 0.3) is 26.6 Å². The lowest BCUT2D eigenvalue weighted by Gasteiger charge is -2.02. The molecule has 5 rings (SSSR count). The molecule has 132 valence electrons. The van der Waals surface area contributed by atoms with Gasteiger partial charge in [0.1, 0.15) is 0 Å². The second-order valence-electron chi connectivity index (χ2n) is 5.88. The number of benzene rings is 1. The van der Waals surface area contributed by atoms with E-state index >= 15 is 0 Å². The Morgan fingerprint density at radius 2 is 1.96 bits per heavy atom. The molecule has 1 aromatic carbocycles. The molecule has 4 aromatic heterocycles. The third-order valence-corrected chi connectivity index (χ3v) is 5.18. The van der Waals surface area contributed by atoms with Gasteiger partial charge in [0.05, 0.1) is 16.8 Å². The highest BCUT2D eigenvalue weighted by molar-refractivity contribution is 7.21. The largest absolute Gasteiger partial charge is 0.448 e. The maximum atomic E-state index is 12.4. The van der Waals surface area contributed by atoms with Crippen molar-refractivity contribution in [3.8, 4) is 10.8 Å². The van der Waals surface area contributed by atoms with Crippen molar-refractivity contribution in [3.63, 3.8) is 0 Å². The fraction of sp³-hybridized carbons (Fsp3) is 0.0526. The molecule has 7 nitrogen and oxygen atoms in total. The number of aromatic nitrogens is 4. The molecule has 0 bridgehead atoms. The third kappa shape index (κ3) is 2.85. The van der Waals surface area contributed by atoms with Crippen LogP contribution in [0.4, 0.5) is 0 Å². The molecule has 0 radical (unpaired) electrons. The lowest BCUT2D eigenvalue weighted by Crippen LogP contribution is -2.23. The molecule has 0 aliphatic rings. The Hall–Kier alpha value is -3.52. The maximum Gasteiger partial charge on any atom is 0.287 e. The number of nitrogens with one attached hydrogen (secondary N) is 1. The van der Waals surface area contributed by atoms with E-state index in [2.05, 4.69) is 20.5 Å². The standard InChI is InChI=1S/C19H13N5O2S/c25-18(20-11-17-23-22-16-7-3-4-10-24(16)17)13-8-9-14(26-13)19-21-12-5-1-2-6-15(12)27-19/h1-10H,11H2,(H,20,25). The minimum Gasteiger partial charge on any atom is -0.448 e. The van der Waals surface area contributed by atoms with Gasteiger partial charge in [0.2, 0.25) is 0 Å². The van der Waals surface area contributed by atoms with Crippen LogP contribution in [0.3, 0.4) is 0 Å². The van der Waals surface area contributed by atoms with E-state index in [1.54, 1.807) is 12.1 Å². The highest BCUT2D eigenvalue weighted by Gasteiger charge is 2.15. The van der Waals surface area contributed by atoms with Gasteiger partial charge in [0.25, 0.3) is 5.91 Å². The van der Waals surface area contributed by atoms with Crippen molar-refractivity contribution in [1.82, 2.24) is 24.9 Å². The van der Waals surface area contributed by atoms with Gasteiger partial charge in [-0.2, -0.15) is 0 Å². The van der Waals surface area contributed by atoms with Crippen molar-refractivity contribution >= 4 is 33.1 Å². The first-order valence-electron chi connectivity index (χ1n) is 8.30. The molecular formula is C19H13N5O2S. The number of para-hydroxylation sites is 1. The average molecular weight is 375 g/mol. The fourth-order valence-corrected chi connectivity index (χ4v) is 3.74. The summed E-state index contributed by atoms with van der Waals surface area (Å²) in [7, 11) is 0. The number of hydrogen-bond donors (Lipinski definition) is 1. The van der Waals surface area contributed by atoms with Crippen LogP contribution in [0.5, 0.6) is 0 Å². The van der Waals surface area contributed by atoms with Crippen LogP contribution in [0.15, 0.2) is 65.2 Å². The van der Waals surface area contributed by atoms with Gasteiger partial charge in [-0.3, -0.25) is 9.20 Å². The summed E-state index contributed by atoms with van der Waals surface area (Å²) in [5, 5.41) is 11.7. The quantitative estimate of drug-likeness (QED) is 0.519. The van der Waals surface area contributed by atoms with Crippen molar-refractivity contribution in [2.75, 3.05) is 0 Å². The van der Waals surface area contributed by atoms with Crippen molar-refractivity contribution in [1.29, 1.82) is 0 Å². The topological polar surface area (TPSA) is 85.3 Å². The Morgan fingerprint density at radius 1 is 1.07 bits per heavy atom. The zero-order chi connectivity index (χ0) is 18.2. The first-order valence-corrected chi connectivity index (χ1v) is 9.12. The molecule has 1 amide bonds. The molecule has 0 aliphatic carbocycles. The predicted molar refractivity (Wildman–Crippen MR) is 101 cm³/mol. The Morgan fingerprint density at radius 3 is 2.89 bits per heavy atom. The number of thiazole rings is 1. The predicted octanol–water partition coefficient (Wildman–Crippen LogP) is 3.53. The molecule has 1 N–H and O–H groups in total. The van der Waals surface area contributed by atoms with Crippen LogP contribution >= 0.6 is 11.3 Å². The zero-order valence-electron chi connectivity index (χ0n) is 14.0. The van der Waals surface area contributed by atoms with Gasteiger partial charge >= 0.3 is 0 Å². The van der Waals surface area contributed by atoms with Gasteiger partial charge in [0, 0.05) is 6.20 Å². The fourth-order valence-electron chi connectivity index (χ4n) is 2.81. The summed E-state index contributed by atoms with van der Waals surface area (Å²) in [4.78, 5) is 17.0. The van der Waals surface area contributed by atoms with E-state index in [1.807, 2.05) is 53.1 Å². The van der Waals surface area contributed by atoms with Gasteiger partial charge < -0.3 is 9.73 Å². The maximum absolute atomic E-state index is 12.4. The molecule has 0 spiro atoms. The number of furan rings is 1. The minimum absolute atomic E-state index is 0.234. The summed E-state index contributed by atoms with van der Waals surface area (Å²) >= 11 is 1.53. The molecule has 8 heteroatoms. The molecule has 5 aromatic rings. The van der Waals surface area contributed by atoms with Crippen molar-refractivity contribution in [2.24, 2.45) is 0 Å². The summed E-state index contributed by atoms with van der Waals surface area (Å²) in [6.07, 6.45) is 1.86. The van der Waals surface area contributed by atoms with E-state index in [1.165, 1.54) is 11.3 Å². The molecule has 27 heavy (non-hydrogen) atoms. The van der Waals surface area contributed by atoms with Gasteiger partial charge in [-0.1, -0.05) is 18.2 Å². The van der Waals surface area contributed by atoms with E-state index < -0.39 is 0 Å². The summed E-state index contributed by atoms with van der Waals surface area (Å²) in [6, 6.07) is 16.9. The molecule has 0 fully saturated rings. The Labute approximate surface area is 157 Å². The van der Waals surface area contributed by atoms with E-state index in [0.29, 0.717) is 11.6 Å². The smallest absolute Gasteiger partial charge is 0.287 e. The normalized spacial score (nSPS) is 11.3. The lowest BCUT2D eigenvalue weighted by atomic mass is 10.3. The van der Waals surface area contributed by atoms with E-state index in [9.17, 15) is 4.79 Å². The number of amides is 1. The average Bonchev–Trinajstić information content (AvgIpc) is 3.43. The Balaban J connectivity index is 1.34. The lowest BCUT2D eigenvalue weighted by molar-refractivity contribution is 0.0923. The number of pyridine rings is 1. The number of nitrogens with zero attached hydrogens (tertiary/aromatic N) is 4. The van der Waals surface area contributed by atoms with Crippen LogP contribution in [-0.4, -0.2) is 25.5 Å². The SMILES string of the molecule is O=C(NCc1nnc2ccccn12)c1ccc(-c2nc3ccccc3s2)o1. The molecule has 0 saturated carbocycles. The zero-order valence-corrected chi connectivity index (χ0v) is 14.8. The van der Waals surface area contributed by atoms with E-state index in [0.717, 1.165) is 20.9 Å². The van der Waals surface area contributed by atoms with Crippen molar-refractivity contribution < 1.29 is 9.21 Å². The van der Waals surface area contributed by atoms with Gasteiger partial charge in [-0.25, -0.2) is 4.98 Å². The second kappa shape index (κ2) is 6.33. The summed E-state index contributed by atoms with van der Waals surface area (Å²) in [5.74, 6) is 1.15. The van der Waals surface area contributed by atoms with Gasteiger partial charge in [-0.15, -0.1) is 21.5 Å². The number of carbonyl (C=O) groups is 1. The van der Waals surface area contributed by atoms with Crippen LogP contribution in [0.1, 0.15) is 16.4 Å². The van der Waals surface area contributed by atoms with E-state index in [-0.39, 0.29) is 18.2 Å².